The van der Waals surface area contributed by atoms with Crippen LogP contribution >= 0.6 is 24.0 Å². The topological polar surface area (TPSA) is 53.5 Å². The van der Waals surface area contributed by atoms with Gasteiger partial charge in [0.2, 0.25) is 0 Å². The number of nitrogens with one attached hydrogen (secondary N) is 2. The van der Waals surface area contributed by atoms with E-state index in [1.807, 2.05) is 37.3 Å². The minimum atomic E-state index is -4.32. The van der Waals surface area contributed by atoms with Crippen LogP contribution in [0.3, 0.4) is 0 Å². The second-order valence-corrected chi connectivity index (χ2v) is 7.57. The van der Waals surface area contributed by atoms with Crippen molar-refractivity contribution in [3.05, 3.63) is 65.7 Å². The highest BCUT2D eigenvalue weighted by Crippen LogP contribution is 2.29. The summed E-state index contributed by atoms with van der Waals surface area (Å²) in [5.41, 5.74) is 0.159. The maximum atomic E-state index is 12.6. The maximum Gasteiger partial charge on any atom is 0.416 e. The van der Waals surface area contributed by atoms with Crippen molar-refractivity contribution < 1.29 is 17.4 Å². The zero-order chi connectivity index (χ0) is 20.4. The molecule has 160 valence electrons. The van der Waals surface area contributed by atoms with E-state index in [1.165, 1.54) is 12.1 Å². The summed E-state index contributed by atoms with van der Waals surface area (Å²) in [5.74, 6) is 1.01. The van der Waals surface area contributed by atoms with E-state index in [4.69, 9.17) is 0 Å². The molecule has 2 rings (SSSR count). The third kappa shape index (κ3) is 9.16. The van der Waals surface area contributed by atoms with Gasteiger partial charge in [0.25, 0.3) is 0 Å². The molecule has 0 saturated heterocycles. The monoisotopic (exact) mass is 539 g/mol. The van der Waals surface area contributed by atoms with Crippen LogP contribution in [0.1, 0.15) is 18.1 Å². The van der Waals surface area contributed by atoms with E-state index in [9.17, 15) is 17.4 Å². The molecule has 0 saturated carbocycles. The van der Waals surface area contributed by atoms with Gasteiger partial charge in [-0.3, -0.25) is 9.20 Å². The van der Waals surface area contributed by atoms with E-state index in [0.717, 1.165) is 22.6 Å². The second-order valence-electron chi connectivity index (χ2n) is 5.99. The molecule has 29 heavy (non-hydrogen) atoms. The van der Waals surface area contributed by atoms with Crippen LogP contribution in [0.15, 0.2) is 64.5 Å². The molecule has 0 fully saturated rings. The van der Waals surface area contributed by atoms with E-state index in [-0.39, 0.29) is 24.0 Å². The minimum absolute atomic E-state index is 0. The Balaban J connectivity index is 0.00000420. The summed E-state index contributed by atoms with van der Waals surface area (Å²) < 4.78 is 50.0. The molecule has 2 aromatic rings. The molecule has 0 bridgehead atoms. The first-order valence-corrected chi connectivity index (χ1v) is 10.3. The van der Waals surface area contributed by atoms with Crippen molar-refractivity contribution in [2.45, 2.75) is 24.4 Å². The van der Waals surface area contributed by atoms with Crippen molar-refractivity contribution in [1.82, 2.24) is 10.6 Å². The zero-order valence-corrected chi connectivity index (χ0v) is 19.2. The first kappa shape index (κ1) is 25.4. The molecule has 0 aromatic heterocycles. The Morgan fingerprint density at radius 2 is 1.69 bits per heavy atom. The number of nitrogens with zero attached hydrogens (tertiary/aromatic N) is 1. The standard InChI is InChI=1S/C20H24F3N3OS.HI/c1-2-24-19(26-14-15-28(27)18-6-4-3-5-7-18)25-13-12-16-8-10-17(11-9-16)20(21,22)23;/h3-11H,2,12-15H2,1H3,(H2,24,25,26);1H. The van der Waals surface area contributed by atoms with E-state index < -0.39 is 22.5 Å². The van der Waals surface area contributed by atoms with Crippen LogP contribution in [0.2, 0.25) is 0 Å². The lowest BCUT2D eigenvalue weighted by atomic mass is 10.1. The second kappa shape index (κ2) is 12.8. The quantitative estimate of drug-likeness (QED) is 0.300. The molecule has 1 atom stereocenters. The molecule has 0 aliphatic heterocycles. The van der Waals surface area contributed by atoms with Gasteiger partial charge in [0.15, 0.2) is 5.96 Å². The Morgan fingerprint density at radius 3 is 2.28 bits per heavy atom. The summed E-state index contributed by atoms with van der Waals surface area (Å²) in [6.07, 6.45) is -3.75. The van der Waals surface area contributed by atoms with Crippen LogP contribution < -0.4 is 10.6 Å². The predicted octanol–water partition coefficient (Wildman–Crippen LogP) is 4.23. The predicted molar refractivity (Wildman–Crippen MR) is 122 cm³/mol. The van der Waals surface area contributed by atoms with Crippen LogP contribution in [0.5, 0.6) is 0 Å². The molecule has 0 heterocycles. The van der Waals surface area contributed by atoms with Crippen LogP contribution in [-0.4, -0.2) is 35.6 Å². The number of hydrogen-bond donors (Lipinski definition) is 2. The highest BCUT2D eigenvalue weighted by atomic mass is 127. The molecule has 2 aromatic carbocycles. The third-order valence-corrected chi connectivity index (χ3v) is 5.24. The van der Waals surface area contributed by atoms with E-state index >= 15 is 0 Å². The first-order chi connectivity index (χ1) is 13.4. The SMILES string of the molecule is CCNC(=NCCS(=O)c1ccccc1)NCCc1ccc(C(F)(F)F)cc1.I. The van der Waals surface area contributed by atoms with Crippen LogP contribution in [0, 0.1) is 0 Å². The van der Waals surface area contributed by atoms with Gasteiger partial charge >= 0.3 is 6.18 Å². The van der Waals surface area contributed by atoms with Gasteiger partial charge in [-0.05, 0) is 43.2 Å². The van der Waals surface area contributed by atoms with E-state index in [0.29, 0.717) is 37.8 Å². The summed E-state index contributed by atoms with van der Waals surface area (Å²) >= 11 is 0. The lowest BCUT2D eigenvalue weighted by molar-refractivity contribution is -0.137. The van der Waals surface area contributed by atoms with Gasteiger partial charge in [-0.25, -0.2) is 0 Å². The largest absolute Gasteiger partial charge is 0.416 e. The Labute approximate surface area is 188 Å². The molecule has 4 nitrogen and oxygen atoms in total. The number of benzene rings is 2. The maximum absolute atomic E-state index is 12.6. The molecule has 1 unspecified atom stereocenters. The minimum Gasteiger partial charge on any atom is -0.357 e. The molecule has 0 aliphatic carbocycles. The fourth-order valence-corrected chi connectivity index (χ4v) is 3.41. The van der Waals surface area contributed by atoms with Crippen molar-refractivity contribution >= 4 is 40.7 Å². The summed E-state index contributed by atoms with van der Waals surface area (Å²) in [5, 5.41) is 6.25. The average molecular weight is 539 g/mol. The lowest BCUT2D eigenvalue weighted by Gasteiger charge is -2.12. The third-order valence-electron chi connectivity index (χ3n) is 3.88. The molecule has 0 amide bonds. The summed E-state index contributed by atoms with van der Waals surface area (Å²) in [7, 11) is -1.10. The smallest absolute Gasteiger partial charge is 0.357 e. The zero-order valence-electron chi connectivity index (χ0n) is 16.0. The number of halogens is 4. The van der Waals surface area contributed by atoms with Gasteiger partial charge < -0.3 is 10.6 Å². The normalized spacial score (nSPS) is 12.8. The van der Waals surface area contributed by atoms with E-state index in [2.05, 4.69) is 15.6 Å². The lowest BCUT2D eigenvalue weighted by Crippen LogP contribution is -2.38. The molecule has 0 radical (unpaired) electrons. The highest BCUT2D eigenvalue weighted by molar-refractivity contribution is 14.0. The molecular formula is C20H25F3IN3OS. The van der Waals surface area contributed by atoms with Crippen molar-refractivity contribution in [3.63, 3.8) is 0 Å². The molecule has 2 N–H and O–H groups in total. The molecule has 9 heteroatoms. The summed E-state index contributed by atoms with van der Waals surface area (Å²) in [4.78, 5) is 5.19. The molecule has 0 aliphatic rings. The average Bonchev–Trinajstić information content (AvgIpc) is 2.68. The van der Waals surface area contributed by atoms with Gasteiger partial charge in [-0.2, -0.15) is 13.2 Å². The van der Waals surface area contributed by atoms with E-state index in [1.54, 1.807) is 0 Å². The fourth-order valence-electron chi connectivity index (χ4n) is 2.46. The number of guanidine groups is 1. The van der Waals surface area contributed by atoms with Crippen molar-refractivity contribution in [1.29, 1.82) is 0 Å². The van der Waals surface area contributed by atoms with Gasteiger partial charge in [0, 0.05) is 23.7 Å². The number of rotatable bonds is 8. The highest BCUT2D eigenvalue weighted by Gasteiger charge is 2.29. The molecule has 0 spiro atoms. The van der Waals surface area contributed by atoms with Crippen molar-refractivity contribution in [3.8, 4) is 0 Å². The van der Waals surface area contributed by atoms with Gasteiger partial charge in [0.1, 0.15) is 0 Å². The number of alkyl halides is 3. The Bertz CT molecular complexity index is 784. The van der Waals surface area contributed by atoms with Gasteiger partial charge in [-0.15, -0.1) is 24.0 Å². The summed E-state index contributed by atoms with van der Waals surface area (Å²) in [6.45, 7) is 3.54. The Morgan fingerprint density at radius 1 is 1.03 bits per heavy atom. The van der Waals surface area contributed by atoms with Gasteiger partial charge in [-0.1, -0.05) is 30.3 Å². The van der Waals surface area contributed by atoms with Crippen molar-refractivity contribution in [2.24, 2.45) is 4.99 Å². The van der Waals surface area contributed by atoms with Crippen LogP contribution in [-0.2, 0) is 23.4 Å². The van der Waals surface area contributed by atoms with Gasteiger partial charge in [0.05, 0.1) is 22.9 Å². The fraction of sp³-hybridized carbons (Fsp3) is 0.350. The van der Waals surface area contributed by atoms with Crippen LogP contribution in [0.4, 0.5) is 13.2 Å². The van der Waals surface area contributed by atoms with Crippen molar-refractivity contribution in [2.75, 3.05) is 25.4 Å². The number of aliphatic imine (C=N–C) groups is 1. The number of hydrogen-bond acceptors (Lipinski definition) is 2. The Hall–Kier alpha value is -1.62. The van der Waals surface area contributed by atoms with Crippen LogP contribution in [0.25, 0.3) is 0 Å². The first-order valence-electron chi connectivity index (χ1n) is 9.02. The summed E-state index contributed by atoms with van der Waals surface area (Å²) in [6, 6.07) is 14.4. The Kier molecular flexibility index (Phi) is 11.3. The molecular weight excluding hydrogens is 514 g/mol.